The highest BCUT2D eigenvalue weighted by Gasteiger charge is 2.41. The smallest absolute Gasteiger partial charge is 0.115 e. The summed E-state index contributed by atoms with van der Waals surface area (Å²) in [4.78, 5) is 0. The molecule has 0 aromatic heterocycles. The summed E-state index contributed by atoms with van der Waals surface area (Å²) in [5.74, 6) is 0.206. The van der Waals surface area contributed by atoms with Crippen molar-refractivity contribution in [2.45, 2.75) is 18.2 Å². The van der Waals surface area contributed by atoms with Crippen LogP contribution in [0.15, 0.2) is 42.5 Å². The molecule has 0 radical (unpaired) electrons. The van der Waals surface area contributed by atoms with Crippen molar-refractivity contribution in [2.75, 3.05) is 18.5 Å². The Morgan fingerprint density at radius 3 is 2.78 bits per heavy atom. The molecule has 23 heavy (non-hydrogen) atoms. The van der Waals surface area contributed by atoms with E-state index in [-0.39, 0.29) is 24.0 Å². The molecule has 0 spiro atoms. The molecule has 1 fully saturated rings. The van der Waals surface area contributed by atoms with Gasteiger partial charge in [-0.15, -0.1) is 0 Å². The van der Waals surface area contributed by atoms with Crippen LogP contribution in [0.5, 0.6) is 5.75 Å². The van der Waals surface area contributed by atoms with E-state index in [0.29, 0.717) is 18.8 Å². The second kappa shape index (κ2) is 5.58. The van der Waals surface area contributed by atoms with Gasteiger partial charge in [0.25, 0.3) is 0 Å². The molecule has 2 N–H and O–H groups in total. The van der Waals surface area contributed by atoms with Crippen molar-refractivity contribution in [3.05, 3.63) is 59.2 Å². The fourth-order valence-corrected chi connectivity index (χ4v) is 3.37. The standard InChI is InChI=1S/C18H16N2O3/c19-10-12-4-2-6-14-15(12)20-16(11-3-1-5-13(21)9-11)18-17(14)22-7-8-23-18/h1-6,9,16-18,20-21H,7-8H2/t16-,17+,18-/m0/s1. The lowest BCUT2D eigenvalue weighted by molar-refractivity contribution is -0.151. The molecule has 2 aromatic rings. The summed E-state index contributed by atoms with van der Waals surface area (Å²) in [5.41, 5.74) is 3.23. The van der Waals surface area contributed by atoms with Crippen molar-refractivity contribution in [2.24, 2.45) is 0 Å². The van der Waals surface area contributed by atoms with Gasteiger partial charge in [0.1, 0.15) is 24.0 Å². The third-order valence-corrected chi connectivity index (χ3v) is 4.37. The summed E-state index contributed by atoms with van der Waals surface area (Å²) in [6.45, 7) is 1.07. The van der Waals surface area contributed by atoms with Crippen LogP contribution in [0, 0.1) is 11.3 Å². The van der Waals surface area contributed by atoms with E-state index in [0.717, 1.165) is 16.8 Å². The van der Waals surface area contributed by atoms with Crippen LogP contribution in [0.4, 0.5) is 5.69 Å². The average molecular weight is 308 g/mol. The first-order chi connectivity index (χ1) is 11.3. The highest BCUT2D eigenvalue weighted by molar-refractivity contribution is 5.66. The second-order valence-corrected chi connectivity index (χ2v) is 5.73. The van der Waals surface area contributed by atoms with Crippen LogP contribution in [-0.2, 0) is 9.47 Å². The maximum absolute atomic E-state index is 9.78. The summed E-state index contributed by atoms with van der Waals surface area (Å²) in [7, 11) is 0. The van der Waals surface area contributed by atoms with Crippen LogP contribution in [0.25, 0.3) is 0 Å². The lowest BCUT2D eigenvalue weighted by Gasteiger charge is -2.43. The topological polar surface area (TPSA) is 74.5 Å². The maximum atomic E-state index is 9.78. The summed E-state index contributed by atoms with van der Waals surface area (Å²) >= 11 is 0. The molecule has 0 unspecified atom stereocenters. The molecule has 2 heterocycles. The minimum atomic E-state index is -0.222. The van der Waals surface area contributed by atoms with Gasteiger partial charge in [0.05, 0.1) is 30.5 Å². The largest absolute Gasteiger partial charge is 0.508 e. The number of nitrogens with one attached hydrogen (secondary N) is 1. The van der Waals surface area contributed by atoms with Gasteiger partial charge in [-0.05, 0) is 23.8 Å². The van der Waals surface area contributed by atoms with Crippen LogP contribution in [0.3, 0.4) is 0 Å². The number of rotatable bonds is 1. The number of nitriles is 1. The van der Waals surface area contributed by atoms with E-state index in [1.54, 1.807) is 24.3 Å². The van der Waals surface area contributed by atoms with E-state index < -0.39 is 0 Å². The first kappa shape index (κ1) is 14.1. The normalized spacial score (nSPS) is 25.6. The van der Waals surface area contributed by atoms with Crippen molar-refractivity contribution in [1.29, 1.82) is 5.26 Å². The number of benzene rings is 2. The summed E-state index contributed by atoms with van der Waals surface area (Å²) in [5, 5.41) is 22.6. The van der Waals surface area contributed by atoms with Gasteiger partial charge in [0.2, 0.25) is 0 Å². The molecule has 116 valence electrons. The lowest BCUT2D eigenvalue weighted by atomic mass is 9.86. The molecule has 2 aliphatic rings. The fourth-order valence-electron chi connectivity index (χ4n) is 3.37. The number of fused-ring (bicyclic) bond motifs is 3. The van der Waals surface area contributed by atoms with Gasteiger partial charge in [-0.3, -0.25) is 0 Å². The Bertz CT molecular complexity index is 784. The van der Waals surface area contributed by atoms with Gasteiger partial charge in [0.15, 0.2) is 0 Å². The minimum Gasteiger partial charge on any atom is -0.508 e. The first-order valence-corrected chi connectivity index (χ1v) is 7.59. The number of hydrogen-bond acceptors (Lipinski definition) is 5. The predicted molar refractivity (Wildman–Crippen MR) is 84.1 cm³/mol. The molecule has 3 atom stereocenters. The van der Waals surface area contributed by atoms with Crippen LogP contribution < -0.4 is 5.32 Å². The van der Waals surface area contributed by atoms with Crippen LogP contribution >= 0.6 is 0 Å². The monoisotopic (exact) mass is 308 g/mol. The van der Waals surface area contributed by atoms with E-state index in [1.807, 2.05) is 18.2 Å². The van der Waals surface area contributed by atoms with Crippen molar-refractivity contribution in [1.82, 2.24) is 0 Å². The summed E-state index contributed by atoms with van der Waals surface area (Å²) in [6, 6.07) is 14.7. The number of anilines is 1. The highest BCUT2D eigenvalue weighted by atomic mass is 16.6. The molecular weight excluding hydrogens is 292 g/mol. The van der Waals surface area contributed by atoms with Crippen molar-refractivity contribution < 1.29 is 14.6 Å². The van der Waals surface area contributed by atoms with Crippen LogP contribution in [0.1, 0.15) is 28.8 Å². The highest BCUT2D eigenvalue weighted by Crippen LogP contribution is 2.45. The summed E-state index contributed by atoms with van der Waals surface area (Å²) < 4.78 is 11.9. The molecule has 0 aliphatic carbocycles. The SMILES string of the molecule is N#Cc1cccc2c1N[C@@H](c1cccc(O)c1)[C@@H]1OCCO[C@H]21. The number of hydrogen-bond donors (Lipinski definition) is 2. The zero-order valence-electron chi connectivity index (χ0n) is 12.4. The Morgan fingerprint density at radius 2 is 1.96 bits per heavy atom. The molecule has 5 heteroatoms. The van der Waals surface area contributed by atoms with Gasteiger partial charge in [0, 0.05) is 5.56 Å². The van der Waals surface area contributed by atoms with Crippen molar-refractivity contribution >= 4 is 5.69 Å². The predicted octanol–water partition coefficient (Wildman–Crippen LogP) is 2.89. The van der Waals surface area contributed by atoms with Gasteiger partial charge in [-0.1, -0.05) is 24.3 Å². The Labute approximate surface area is 134 Å². The molecule has 2 aromatic carbocycles. The number of aromatic hydroxyl groups is 1. The van der Waals surface area contributed by atoms with Crippen molar-refractivity contribution in [3.8, 4) is 11.8 Å². The zero-order valence-corrected chi connectivity index (χ0v) is 12.4. The zero-order chi connectivity index (χ0) is 15.8. The Balaban J connectivity index is 1.83. The third-order valence-electron chi connectivity index (χ3n) is 4.37. The maximum Gasteiger partial charge on any atom is 0.115 e. The van der Waals surface area contributed by atoms with E-state index in [4.69, 9.17) is 9.47 Å². The van der Waals surface area contributed by atoms with E-state index >= 15 is 0 Å². The molecule has 2 aliphatic heterocycles. The molecule has 0 amide bonds. The summed E-state index contributed by atoms with van der Waals surface area (Å²) in [6.07, 6.45) is -0.423. The number of ether oxygens (including phenoxy) is 2. The van der Waals surface area contributed by atoms with Crippen molar-refractivity contribution in [3.63, 3.8) is 0 Å². The molecule has 0 saturated carbocycles. The molecule has 1 saturated heterocycles. The Hall–Kier alpha value is -2.55. The molecule has 4 rings (SSSR count). The van der Waals surface area contributed by atoms with Gasteiger partial charge >= 0.3 is 0 Å². The average Bonchev–Trinajstić information content (AvgIpc) is 2.60. The molecule has 0 bridgehead atoms. The number of phenolic OH excluding ortho intramolecular Hbond substituents is 1. The van der Waals surface area contributed by atoms with Gasteiger partial charge in [-0.2, -0.15) is 5.26 Å². The number of phenols is 1. The van der Waals surface area contributed by atoms with E-state index in [9.17, 15) is 10.4 Å². The second-order valence-electron chi connectivity index (χ2n) is 5.73. The quantitative estimate of drug-likeness (QED) is 0.847. The number of nitrogens with zero attached hydrogens (tertiary/aromatic N) is 1. The Morgan fingerprint density at radius 1 is 1.13 bits per heavy atom. The van der Waals surface area contributed by atoms with E-state index in [1.165, 1.54) is 0 Å². The Kier molecular flexibility index (Phi) is 3.41. The lowest BCUT2D eigenvalue weighted by Crippen LogP contribution is -2.43. The third kappa shape index (κ3) is 2.33. The molecular formula is C18H16N2O3. The minimum absolute atomic E-state index is 0.186. The van der Waals surface area contributed by atoms with Gasteiger partial charge in [-0.25, -0.2) is 0 Å². The van der Waals surface area contributed by atoms with Crippen LogP contribution in [0.2, 0.25) is 0 Å². The first-order valence-electron chi connectivity index (χ1n) is 7.59. The van der Waals surface area contributed by atoms with E-state index in [2.05, 4.69) is 11.4 Å². The van der Waals surface area contributed by atoms with Crippen LogP contribution in [-0.4, -0.2) is 24.4 Å². The number of para-hydroxylation sites is 1. The van der Waals surface area contributed by atoms with Gasteiger partial charge < -0.3 is 19.9 Å². The molecule has 5 nitrogen and oxygen atoms in total. The fraction of sp³-hybridized carbons (Fsp3) is 0.278.